The summed E-state index contributed by atoms with van der Waals surface area (Å²) in [4.78, 5) is 22.7. The molecule has 0 saturated carbocycles. The van der Waals surface area contributed by atoms with Crippen molar-refractivity contribution >= 4 is 11.9 Å². The molecule has 0 unspecified atom stereocenters. The molecule has 5 nitrogen and oxygen atoms in total. The number of hydrogen-bond acceptors (Lipinski definition) is 4. The van der Waals surface area contributed by atoms with E-state index in [1.165, 1.54) is 0 Å². The minimum Gasteiger partial charge on any atom is -0.354 e. The van der Waals surface area contributed by atoms with Crippen molar-refractivity contribution in [1.82, 2.24) is 14.9 Å². The number of aryl methyl sites for hydroxylation is 1. The molecule has 0 aromatic carbocycles. The Hall–Kier alpha value is -1.65. The number of carbonyl (C=O) groups excluding carboxylic acids is 1. The van der Waals surface area contributed by atoms with Crippen LogP contribution in [-0.2, 0) is 0 Å². The molecule has 0 fully saturated rings. The molecule has 1 heterocycles. The van der Waals surface area contributed by atoms with Gasteiger partial charge in [-0.3, -0.25) is 4.79 Å². The van der Waals surface area contributed by atoms with E-state index in [2.05, 4.69) is 29.1 Å². The predicted molar refractivity (Wildman–Crippen MR) is 82.0 cm³/mol. The van der Waals surface area contributed by atoms with Gasteiger partial charge in [-0.1, -0.05) is 13.8 Å². The topological polar surface area (TPSA) is 58.1 Å². The molecule has 0 spiro atoms. The van der Waals surface area contributed by atoms with Crippen LogP contribution in [0.3, 0.4) is 0 Å². The Balaban J connectivity index is 2.82. The zero-order valence-corrected chi connectivity index (χ0v) is 13.2. The number of anilines is 1. The second-order valence-electron chi connectivity index (χ2n) is 5.30. The molecule has 0 aliphatic heterocycles. The van der Waals surface area contributed by atoms with Crippen molar-refractivity contribution in [1.29, 1.82) is 0 Å². The number of nitrogens with zero attached hydrogens (tertiary/aromatic N) is 3. The Bertz CT molecular complexity index is 441. The molecule has 0 aliphatic carbocycles. The summed E-state index contributed by atoms with van der Waals surface area (Å²) >= 11 is 0. The highest BCUT2D eigenvalue weighted by molar-refractivity contribution is 5.92. The summed E-state index contributed by atoms with van der Waals surface area (Å²) < 4.78 is 0. The fraction of sp³-hybridized carbons (Fsp3) is 0.667. The van der Waals surface area contributed by atoms with Crippen LogP contribution in [0.25, 0.3) is 0 Å². The minimum atomic E-state index is -0.0348. The van der Waals surface area contributed by atoms with Gasteiger partial charge in [0.15, 0.2) is 0 Å². The second-order valence-corrected chi connectivity index (χ2v) is 5.30. The van der Waals surface area contributed by atoms with E-state index in [0.717, 1.165) is 18.7 Å². The third-order valence-electron chi connectivity index (χ3n) is 3.13. The van der Waals surface area contributed by atoms with Crippen molar-refractivity contribution in [3.8, 4) is 0 Å². The molecule has 0 atom stereocenters. The van der Waals surface area contributed by atoms with Crippen LogP contribution < -0.4 is 5.32 Å². The second kappa shape index (κ2) is 7.82. The highest BCUT2D eigenvalue weighted by Gasteiger charge is 2.15. The summed E-state index contributed by atoms with van der Waals surface area (Å²) in [5.41, 5.74) is 1.27. The smallest absolute Gasteiger partial charge is 0.272 e. The molecule has 0 aliphatic rings. The van der Waals surface area contributed by atoms with Crippen LogP contribution in [0, 0.1) is 12.8 Å². The van der Waals surface area contributed by atoms with Gasteiger partial charge in [0, 0.05) is 25.3 Å². The summed E-state index contributed by atoms with van der Waals surface area (Å²) in [7, 11) is 0. The SMILES string of the molecule is CCN(CC)C(=O)c1cc(C)nc(NCCC(C)C)n1. The maximum atomic E-state index is 12.3. The van der Waals surface area contributed by atoms with Crippen molar-refractivity contribution in [2.45, 2.75) is 41.0 Å². The first-order valence-corrected chi connectivity index (χ1v) is 7.36. The van der Waals surface area contributed by atoms with Gasteiger partial charge in [0.05, 0.1) is 0 Å². The number of rotatable bonds is 7. The molecule has 1 amide bonds. The van der Waals surface area contributed by atoms with Crippen molar-refractivity contribution in [2.24, 2.45) is 5.92 Å². The fourth-order valence-electron chi connectivity index (χ4n) is 1.90. The number of aromatic nitrogens is 2. The molecular weight excluding hydrogens is 252 g/mol. The van der Waals surface area contributed by atoms with Crippen LogP contribution in [0.5, 0.6) is 0 Å². The van der Waals surface area contributed by atoms with E-state index in [9.17, 15) is 4.79 Å². The Morgan fingerprint density at radius 3 is 2.50 bits per heavy atom. The van der Waals surface area contributed by atoms with E-state index in [4.69, 9.17) is 0 Å². The first-order chi connectivity index (χ1) is 9.47. The molecular formula is C15H26N4O. The number of hydrogen-bond donors (Lipinski definition) is 1. The normalized spacial score (nSPS) is 10.7. The lowest BCUT2D eigenvalue weighted by atomic mass is 10.1. The monoisotopic (exact) mass is 278 g/mol. The van der Waals surface area contributed by atoms with Gasteiger partial charge in [0.25, 0.3) is 5.91 Å². The van der Waals surface area contributed by atoms with E-state index < -0.39 is 0 Å². The third-order valence-corrected chi connectivity index (χ3v) is 3.13. The average Bonchev–Trinajstić information content (AvgIpc) is 2.39. The van der Waals surface area contributed by atoms with Crippen LogP contribution >= 0.6 is 0 Å². The highest BCUT2D eigenvalue weighted by Crippen LogP contribution is 2.09. The quantitative estimate of drug-likeness (QED) is 0.833. The Kier molecular flexibility index (Phi) is 6.42. The Morgan fingerprint density at radius 1 is 1.30 bits per heavy atom. The van der Waals surface area contributed by atoms with Crippen LogP contribution in [0.15, 0.2) is 6.07 Å². The summed E-state index contributed by atoms with van der Waals surface area (Å²) in [5, 5.41) is 3.19. The maximum Gasteiger partial charge on any atom is 0.272 e. The van der Waals surface area contributed by atoms with E-state index in [-0.39, 0.29) is 5.91 Å². The molecule has 0 radical (unpaired) electrons. The van der Waals surface area contributed by atoms with E-state index in [1.807, 2.05) is 20.8 Å². The van der Waals surface area contributed by atoms with Crippen LogP contribution in [0.2, 0.25) is 0 Å². The summed E-state index contributed by atoms with van der Waals surface area (Å²) in [6, 6.07) is 1.74. The molecule has 1 aromatic heterocycles. The average molecular weight is 278 g/mol. The summed E-state index contributed by atoms with van der Waals surface area (Å²) in [5.74, 6) is 1.14. The third kappa shape index (κ3) is 4.79. The summed E-state index contributed by atoms with van der Waals surface area (Å²) in [6.45, 7) is 12.4. The van der Waals surface area contributed by atoms with Gasteiger partial charge in [-0.15, -0.1) is 0 Å². The number of carbonyl (C=O) groups is 1. The number of nitrogens with one attached hydrogen (secondary N) is 1. The first-order valence-electron chi connectivity index (χ1n) is 7.36. The number of amides is 1. The molecule has 1 rings (SSSR count). The van der Waals surface area contributed by atoms with Crippen molar-refractivity contribution in [3.63, 3.8) is 0 Å². The lowest BCUT2D eigenvalue weighted by Crippen LogP contribution is -2.31. The Morgan fingerprint density at radius 2 is 1.95 bits per heavy atom. The first kappa shape index (κ1) is 16.4. The molecule has 0 saturated heterocycles. The van der Waals surface area contributed by atoms with E-state index in [0.29, 0.717) is 30.6 Å². The zero-order valence-electron chi connectivity index (χ0n) is 13.2. The van der Waals surface area contributed by atoms with Crippen LogP contribution in [0.1, 0.15) is 50.3 Å². The lowest BCUT2D eigenvalue weighted by Gasteiger charge is -2.18. The van der Waals surface area contributed by atoms with Gasteiger partial charge in [-0.05, 0) is 39.2 Å². The van der Waals surface area contributed by atoms with Gasteiger partial charge in [-0.2, -0.15) is 0 Å². The van der Waals surface area contributed by atoms with Crippen molar-refractivity contribution in [2.75, 3.05) is 25.0 Å². The van der Waals surface area contributed by atoms with E-state index in [1.54, 1.807) is 11.0 Å². The predicted octanol–water partition coefficient (Wildman–Crippen LogP) is 2.73. The molecule has 20 heavy (non-hydrogen) atoms. The van der Waals surface area contributed by atoms with Crippen molar-refractivity contribution < 1.29 is 4.79 Å². The van der Waals surface area contributed by atoms with E-state index >= 15 is 0 Å². The summed E-state index contributed by atoms with van der Waals surface area (Å²) in [6.07, 6.45) is 1.05. The largest absolute Gasteiger partial charge is 0.354 e. The van der Waals surface area contributed by atoms with Gasteiger partial charge in [0.2, 0.25) is 5.95 Å². The van der Waals surface area contributed by atoms with Crippen LogP contribution in [0.4, 0.5) is 5.95 Å². The van der Waals surface area contributed by atoms with Crippen molar-refractivity contribution in [3.05, 3.63) is 17.5 Å². The van der Waals surface area contributed by atoms with Gasteiger partial charge < -0.3 is 10.2 Å². The zero-order chi connectivity index (χ0) is 15.1. The molecule has 1 N–H and O–H groups in total. The van der Waals surface area contributed by atoms with Gasteiger partial charge >= 0.3 is 0 Å². The molecule has 5 heteroatoms. The Labute approximate surface area is 121 Å². The fourth-order valence-corrected chi connectivity index (χ4v) is 1.90. The van der Waals surface area contributed by atoms with Crippen LogP contribution in [-0.4, -0.2) is 40.4 Å². The molecule has 0 bridgehead atoms. The maximum absolute atomic E-state index is 12.3. The molecule has 112 valence electrons. The standard InChI is InChI=1S/C15H26N4O/c1-6-19(7-2)14(20)13-10-12(5)17-15(18-13)16-9-8-11(3)4/h10-11H,6-9H2,1-5H3,(H,16,17,18). The van der Waals surface area contributed by atoms with Gasteiger partial charge in [-0.25, -0.2) is 9.97 Å². The lowest BCUT2D eigenvalue weighted by molar-refractivity contribution is 0.0767. The van der Waals surface area contributed by atoms with Gasteiger partial charge in [0.1, 0.15) is 5.69 Å². The molecule has 1 aromatic rings. The minimum absolute atomic E-state index is 0.0348. The highest BCUT2D eigenvalue weighted by atomic mass is 16.2.